The molecule has 4 rings (SSSR count). The molecule has 0 atom stereocenters. The summed E-state index contributed by atoms with van der Waals surface area (Å²) in [6, 6.07) is 15.5. The lowest BCUT2D eigenvalue weighted by atomic mass is 10.2. The first-order valence-corrected chi connectivity index (χ1v) is 11.7. The summed E-state index contributed by atoms with van der Waals surface area (Å²) in [4.78, 5) is 28.9. The van der Waals surface area contributed by atoms with Gasteiger partial charge in [-0.2, -0.15) is 11.3 Å². The molecule has 2 aromatic carbocycles. The van der Waals surface area contributed by atoms with E-state index in [9.17, 15) is 9.59 Å². The summed E-state index contributed by atoms with van der Waals surface area (Å²) in [7, 11) is 1.56. The summed E-state index contributed by atoms with van der Waals surface area (Å²) in [6.45, 7) is -0.0700. The zero-order chi connectivity index (χ0) is 23.0. The maximum absolute atomic E-state index is 12.3. The van der Waals surface area contributed by atoms with Crippen LogP contribution in [0.1, 0.15) is 16.1 Å². The molecule has 1 amide bonds. The Balaban J connectivity index is 1.24. The SMILES string of the molecule is COc1cccc(NC(=O)COc2ccc(C(=O)OCc3csc(-c4ccsc4)n3)cc2)c1. The standard InChI is InChI=1S/C24H20N2O5S2/c1-29-21-4-2-3-18(11-21)25-22(27)13-30-20-7-5-16(6-8-20)24(28)31-12-19-15-33-23(26-19)17-9-10-32-14-17/h2-11,14-15H,12-13H2,1H3,(H,25,27). The minimum Gasteiger partial charge on any atom is -0.497 e. The maximum atomic E-state index is 12.3. The van der Waals surface area contributed by atoms with Crippen molar-refractivity contribution in [3.05, 3.63) is 82.0 Å². The van der Waals surface area contributed by atoms with Gasteiger partial charge in [-0.05, 0) is 47.8 Å². The molecule has 0 spiro atoms. The number of aromatic nitrogens is 1. The van der Waals surface area contributed by atoms with Crippen molar-refractivity contribution >= 4 is 40.2 Å². The van der Waals surface area contributed by atoms with Crippen LogP contribution in [-0.2, 0) is 16.1 Å². The molecule has 33 heavy (non-hydrogen) atoms. The number of methoxy groups -OCH3 is 1. The van der Waals surface area contributed by atoms with E-state index in [-0.39, 0.29) is 19.1 Å². The van der Waals surface area contributed by atoms with Crippen molar-refractivity contribution in [2.24, 2.45) is 0 Å². The number of amides is 1. The molecule has 0 radical (unpaired) electrons. The molecule has 2 aromatic heterocycles. The van der Waals surface area contributed by atoms with Crippen molar-refractivity contribution in [1.29, 1.82) is 0 Å². The Morgan fingerprint density at radius 3 is 2.64 bits per heavy atom. The van der Waals surface area contributed by atoms with Gasteiger partial charge in [0.15, 0.2) is 6.61 Å². The summed E-state index contributed by atoms with van der Waals surface area (Å²) in [5, 5.41) is 9.55. The smallest absolute Gasteiger partial charge is 0.338 e. The Morgan fingerprint density at radius 2 is 1.88 bits per heavy atom. The van der Waals surface area contributed by atoms with Gasteiger partial charge in [-0.25, -0.2) is 9.78 Å². The first-order valence-electron chi connectivity index (χ1n) is 9.91. The van der Waals surface area contributed by atoms with Crippen molar-refractivity contribution in [3.8, 4) is 22.1 Å². The Kier molecular flexibility index (Phi) is 7.33. The number of carbonyl (C=O) groups is 2. The third-order valence-corrected chi connectivity index (χ3v) is 6.11. The number of thiophene rings is 1. The second kappa shape index (κ2) is 10.8. The molecule has 0 aliphatic rings. The molecule has 2 heterocycles. The predicted octanol–water partition coefficient (Wildman–Crippen LogP) is 5.25. The summed E-state index contributed by atoms with van der Waals surface area (Å²) in [5.74, 6) is 0.348. The molecular weight excluding hydrogens is 460 g/mol. The third-order valence-electron chi connectivity index (χ3n) is 4.48. The van der Waals surface area contributed by atoms with Gasteiger partial charge in [0.25, 0.3) is 5.91 Å². The molecule has 0 saturated carbocycles. The van der Waals surface area contributed by atoms with E-state index < -0.39 is 5.97 Å². The zero-order valence-electron chi connectivity index (χ0n) is 17.6. The van der Waals surface area contributed by atoms with E-state index in [1.165, 1.54) is 11.3 Å². The van der Waals surface area contributed by atoms with Crippen molar-refractivity contribution in [1.82, 2.24) is 4.98 Å². The van der Waals surface area contributed by atoms with E-state index in [1.54, 1.807) is 67.0 Å². The van der Waals surface area contributed by atoms with Gasteiger partial charge in [0.05, 0.1) is 18.4 Å². The fourth-order valence-electron chi connectivity index (χ4n) is 2.85. The number of anilines is 1. The molecule has 7 nitrogen and oxygen atoms in total. The van der Waals surface area contributed by atoms with E-state index in [0.29, 0.717) is 28.4 Å². The topological polar surface area (TPSA) is 86.8 Å². The average Bonchev–Trinajstić information content (AvgIpc) is 3.54. The lowest BCUT2D eigenvalue weighted by Gasteiger charge is -2.09. The van der Waals surface area contributed by atoms with E-state index in [2.05, 4.69) is 10.3 Å². The number of hydrogen-bond donors (Lipinski definition) is 1. The second-order valence-electron chi connectivity index (χ2n) is 6.83. The molecule has 0 fully saturated rings. The largest absolute Gasteiger partial charge is 0.497 e. The predicted molar refractivity (Wildman–Crippen MR) is 128 cm³/mol. The molecule has 0 unspecified atom stereocenters. The van der Waals surface area contributed by atoms with Crippen LogP contribution in [0.5, 0.6) is 11.5 Å². The molecule has 168 valence electrons. The van der Waals surface area contributed by atoms with Crippen molar-refractivity contribution in [2.75, 3.05) is 19.0 Å². The number of rotatable bonds is 9. The van der Waals surface area contributed by atoms with E-state index in [1.807, 2.05) is 22.2 Å². The van der Waals surface area contributed by atoms with Gasteiger partial charge in [0, 0.05) is 28.1 Å². The fraction of sp³-hybridized carbons (Fsp3) is 0.125. The van der Waals surface area contributed by atoms with Crippen LogP contribution in [0.15, 0.2) is 70.7 Å². The first kappa shape index (κ1) is 22.5. The maximum Gasteiger partial charge on any atom is 0.338 e. The van der Waals surface area contributed by atoms with Gasteiger partial charge in [-0.3, -0.25) is 4.79 Å². The minimum absolute atomic E-state index is 0.0994. The zero-order valence-corrected chi connectivity index (χ0v) is 19.3. The number of benzene rings is 2. The molecule has 9 heteroatoms. The number of esters is 1. The highest BCUT2D eigenvalue weighted by Gasteiger charge is 2.11. The molecule has 4 aromatic rings. The normalized spacial score (nSPS) is 10.5. The molecular formula is C24H20N2O5S2. The van der Waals surface area contributed by atoms with Crippen molar-refractivity contribution in [3.63, 3.8) is 0 Å². The Hall–Kier alpha value is -3.69. The monoisotopic (exact) mass is 480 g/mol. The van der Waals surface area contributed by atoms with Gasteiger partial charge in [-0.15, -0.1) is 11.3 Å². The summed E-state index contributed by atoms with van der Waals surface area (Å²) in [6.07, 6.45) is 0. The summed E-state index contributed by atoms with van der Waals surface area (Å²) in [5.41, 5.74) is 2.77. The Bertz CT molecular complexity index is 1220. The highest BCUT2D eigenvalue weighted by Crippen LogP contribution is 2.26. The van der Waals surface area contributed by atoms with Crippen LogP contribution in [0.4, 0.5) is 5.69 Å². The Morgan fingerprint density at radius 1 is 1.03 bits per heavy atom. The van der Waals surface area contributed by atoms with Crippen LogP contribution in [0.3, 0.4) is 0 Å². The van der Waals surface area contributed by atoms with Crippen LogP contribution in [0.25, 0.3) is 10.6 Å². The van der Waals surface area contributed by atoms with Gasteiger partial charge < -0.3 is 19.5 Å². The molecule has 0 aliphatic heterocycles. The number of ether oxygens (including phenoxy) is 3. The summed E-state index contributed by atoms with van der Waals surface area (Å²) >= 11 is 3.13. The van der Waals surface area contributed by atoms with Gasteiger partial charge in [0.1, 0.15) is 23.1 Å². The molecule has 0 bridgehead atoms. The van der Waals surface area contributed by atoms with Crippen LogP contribution in [0.2, 0.25) is 0 Å². The quantitative estimate of drug-likeness (QED) is 0.329. The van der Waals surface area contributed by atoms with Crippen molar-refractivity contribution < 1.29 is 23.8 Å². The fourth-order valence-corrected chi connectivity index (χ4v) is 4.37. The van der Waals surface area contributed by atoms with E-state index in [0.717, 1.165) is 10.6 Å². The van der Waals surface area contributed by atoms with E-state index >= 15 is 0 Å². The minimum atomic E-state index is -0.456. The van der Waals surface area contributed by atoms with Crippen LogP contribution < -0.4 is 14.8 Å². The number of nitrogens with zero attached hydrogens (tertiary/aromatic N) is 1. The first-order chi connectivity index (χ1) is 16.1. The molecule has 0 aliphatic carbocycles. The van der Waals surface area contributed by atoms with Crippen LogP contribution in [0, 0.1) is 0 Å². The number of thiazole rings is 1. The Labute approximate surface area is 198 Å². The number of hydrogen-bond acceptors (Lipinski definition) is 8. The van der Waals surface area contributed by atoms with Gasteiger partial charge in [0.2, 0.25) is 0 Å². The molecule has 0 saturated heterocycles. The second-order valence-corrected chi connectivity index (χ2v) is 8.46. The number of carbonyl (C=O) groups excluding carboxylic acids is 2. The van der Waals surface area contributed by atoms with Crippen LogP contribution >= 0.6 is 22.7 Å². The lowest BCUT2D eigenvalue weighted by Crippen LogP contribution is -2.20. The number of nitrogens with one attached hydrogen (secondary N) is 1. The van der Waals surface area contributed by atoms with E-state index in [4.69, 9.17) is 14.2 Å². The third kappa shape index (κ3) is 6.18. The van der Waals surface area contributed by atoms with Crippen molar-refractivity contribution in [2.45, 2.75) is 6.61 Å². The van der Waals surface area contributed by atoms with Gasteiger partial charge >= 0.3 is 5.97 Å². The van der Waals surface area contributed by atoms with Crippen LogP contribution in [-0.4, -0.2) is 30.6 Å². The van der Waals surface area contributed by atoms with Gasteiger partial charge in [-0.1, -0.05) is 6.07 Å². The highest BCUT2D eigenvalue weighted by atomic mass is 32.1. The average molecular weight is 481 g/mol. The lowest BCUT2D eigenvalue weighted by molar-refractivity contribution is -0.118. The molecule has 1 N–H and O–H groups in total. The summed E-state index contributed by atoms with van der Waals surface area (Å²) < 4.78 is 16.0. The highest BCUT2D eigenvalue weighted by molar-refractivity contribution is 7.14.